The Morgan fingerprint density at radius 3 is 2.76 bits per heavy atom. The Balaban J connectivity index is 2.31. The van der Waals surface area contributed by atoms with Crippen LogP contribution in [0, 0.1) is 0 Å². The zero-order valence-electron chi connectivity index (χ0n) is 10.9. The highest BCUT2D eigenvalue weighted by Crippen LogP contribution is 2.11. The highest BCUT2D eigenvalue weighted by molar-refractivity contribution is 6.64. The molecule has 0 radical (unpaired) electrons. The summed E-state index contributed by atoms with van der Waals surface area (Å²) >= 11 is 0. The van der Waals surface area contributed by atoms with Gasteiger partial charge in [-0.25, -0.2) is 0 Å². The van der Waals surface area contributed by atoms with Crippen LogP contribution in [0.15, 0.2) is 36.7 Å². The van der Waals surface area contributed by atoms with E-state index in [0.717, 1.165) is 17.6 Å². The molecule has 0 atom stereocenters. The molecule has 0 bridgehead atoms. The van der Waals surface area contributed by atoms with Crippen LogP contribution in [-0.4, -0.2) is 20.2 Å². The maximum atomic E-state index is 5.84. The molecule has 0 aliphatic rings. The van der Waals surface area contributed by atoms with Crippen molar-refractivity contribution in [3.8, 4) is 0 Å². The van der Waals surface area contributed by atoms with Crippen molar-refractivity contribution in [2.75, 3.05) is 6.61 Å². The Bertz CT molecular complexity index is 352. The van der Waals surface area contributed by atoms with E-state index >= 15 is 0 Å². The molecule has 94 valence electrons. The molecule has 0 N–H and O–H groups in total. The Hall–Kier alpha value is -0.973. The summed E-state index contributed by atoms with van der Waals surface area (Å²) in [5.74, 6) is 0. The first-order valence-corrected chi connectivity index (χ1v) is 8.62. The summed E-state index contributed by atoms with van der Waals surface area (Å²) < 4.78 is 11.6. The fourth-order valence-electron chi connectivity index (χ4n) is 1.25. The average Bonchev–Trinajstić information content (AvgIpc) is 2.27. The summed E-state index contributed by atoms with van der Waals surface area (Å²) in [6, 6.07) is 3.92. The summed E-state index contributed by atoms with van der Waals surface area (Å²) in [5.41, 5.74) is 2.22. The average molecular weight is 251 g/mol. The standard InChI is InChI=1S/C13H21NO2Si/c1-12(2)7-9-15-17(3,4)16-11-13-6-5-8-14-10-13/h5-6,8,10H,1,7,9,11H2,2-4H3. The van der Waals surface area contributed by atoms with E-state index in [9.17, 15) is 0 Å². The molecule has 1 aromatic rings. The summed E-state index contributed by atoms with van der Waals surface area (Å²) in [6.45, 7) is 11.2. The van der Waals surface area contributed by atoms with Gasteiger partial charge in [0.1, 0.15) is 0 Å². The van der Waals surface area contributed by atoms with Crippen LogP contribution in [0.2, 0.25) is 13.1 Å². The lowest BCUT2D eigenvalue weighted by molar-refractivity contribution is 0.173. The van der Waals surface area contributed by atoms with Crippen LogP contribution in [0.5, 0.6) is 0 Å². The zero-order chi connectivity index (χ0) is 12.7. The molecule has 17 heavy (non-hydrogen) atoms. The number of hydrogen-bond donors (Lipinski definition) is 0. The van der Waals surface area contributed by atoms with Crippen molar-refractivity contribution in [2.45, 2.75) is 33.0 Å². The number of pyridine rings is 1. The summed E-state index contributed by atoms with van der Waals surface area (Å²) in [4.78, 5) is 4.05. The molecule has 0 saturated carbocycles. The van der Waals surface area contributed by atoms with E-state index in [1.165, 1.54) is 0 Å². The highest BCUT2D eigenvalue weighted by Gasteiger charge is 2.24. The van der Waals surface area contributed by atoms with Gasteiger partial charge >= 0.3 is 8.56 Å². The van der Waals surface area contributed by atoms with Gasteiger partial charge in [0, 0.05) is 19.0 Å². The van der Waals surface area contributed by atoms with Gasteiger partial charge in [0.25, 0.3) is 0 Å². The van der Waals surface area contributed by atoms with Crippen LogP contribution in [0.4, 0.5) is 0 Å². The Morgan fingerprint density at radius 1 is 1.41 bits per heavy atom. The van der Waals surface area contributed by atoms with Gasteiger partial charge in [0.05, 0.1) is 6.61 Å². The normalized spacial score (nSPS) is 11.5. The predicted molar refractivity (Wildman–Crippen MR) is 71.9 cm³/mol. The molecule has 1 heterocycles. The van der Waals surface area contributed by atoms with Gasteiger partial charge in [0.15, 0.2) is 0 Å². The lowest BCUT2D eigenvalue weighted by Gasteiger charge is -2.22. The maximum absolute atomic E-state index is 5.84. The first kappa shape index (κ1) is 14.1. The molecule has 0 saturated heterocycles. The molecular formula is C13H21NO2Si. The SMILES string of the molecule is C=C(C)CCO[Si](C)(C)OCc1cccnc1. The van der Waals surface area contributed by atoms with E-state index in [-0.39, 0.29) is 0 Å². The lowest BCUT2D eigenvalue weighted by Crippen LogP contribution is -2.35. The zero-order valence-corrected chi connectivity index (χ0v) is 11.9. The highest BCUT2D eigenvalue weighted by atomic mass is 28.4. The fraction of sp³-hybridized carbons (Fsp3) is 0.462. The van der Waals surface area contributed by atoms with Crippen molar-refractivity contribution in [3.63, 3.8) is 0 Å². The number of hydrogen-bond acceptors (Lipinski definition) is 3. The van der Waals surface area contributed by atoms with Gasteiger partial charge < -0.3 is 8.85 Å². The molecule has 1 aromatic heterocycles. The monoisotopic (exact) mass is 251 g/mol. The number of aromatic nitrogens is 1. The predicted octanol–water partition coefficient (Wildman–Crippen LogP) is 3.28. The molecule has 0 aromatic carbocycles. The van der Waals surface area contributed by atoms with E-state index in [1.807, 2.05) is 25.3 Å². The molecule has 0 aliphatic heterocycles. The lowest BCUT2D eigenvalue weighted by atomic mass is 10.3. The van der Waals surface area contributed by atoms with Crippen LogP contribution in [0.3, 0.4) is 0 Å². The van der Waals surface area contributed by atoms with Crippen LogP contribution in [0.1, 0.15) is 18.9 Å². The molecule has 4 heteroatoms. The van der Waals surface area contributed by atoms with Crippen molar-refractivity contribution in [1.82, 2.24) is 4.98 Å². The number of rotatable bonds is 7. The van der Waals surface area contributed by atoms with Crippen molar-refractivity contribution in [1.29, 1.82) is 0 Å². The van der Waals surface area contributed by atoms with E-state index in [4.69, 9.17) is 8.85 Å². The van der Waals surface area contributed by atoms with E-state index in [0.29, 0.717) is 13.2 Å². The minimum atomic E-state index is -2.02. The third-order valence-corrected chi connectivity index (χ3v) is 4.03. The molecule has 0 amide bonds. The minimum absolute atomic E-state index is 0.570. The smallest absolute Gasteiger partial charge is 0.332 e. The van der Waals surface area contributed by atoms with E-state index < -0.39 is 8.56 Å². The minimum Gasteiger partial charge on any atom is -0.394 e. The van der Waals surface area contributed by atoms with Gasteiger partial charge in [-0.2, -0.15) is 0 Å². The molecule has 0 unspecified atom stereocenters. The topological polar surface area (TPSA) is 31.4 Å². The summed E-state index contributed by atoms with van der Waals surface area (Å²) in [5, 5.41) is 0. The van der Waals surface area contributed by atoms with Gasteiger partial charge in [-0.1, -0.05) is 11.6 Å². The Labute approximate surface area is 105 Å². The fourth-order valence-corrected chi connectivity index (χ4v) is 2.44. The molecule has 0 spiro atoms. The first-order valence-electron chi connectivity index (χ1n) is 5.81. The van der Waals surface area contributed by atoms with Crippen LogP contribution >= 0.6 is 0 Å². The second-order valence-corrected chi connectivity index (χ2v) is 7.98. The number of nitrogens with zero attached hydrogens (tertiary/aromatic N) is 1. The second kappa shape index (κ2) is 6.69. The third kappa shape index (κ3) is 6.36. The van der Waals surface area contributed by atoms with Crippen LogP contribution < -0.4 is 0 Å². The molecule has 0 aliphatic carbocycles. The summed E-state index contributed by atoms with van der Waals surface area (Å²) in [7, 11) is -2.02. The van der Waals surface area contributed by atoms with E-state index in [2.05, 4.69) is 24.7 Å². The quantitative estimate of drug-likeness (QED) is 0.550. The third-order valence-electron chi connectivity index (χ3n) is 2.29. The van der Waals surface area contributed by atoms with Crippen LogP contribution in [0.25, 0.3) is 0 Å². The van der Waals surface area contributed by atoms with Gasteiger partial charge in [-0.15, -0.1) is 6.58 Å². The van der Waals surface area contributed by atoms with Gasteiger partial charge in [-0.05, 0) is 38.1 Å². The van der Waals surface area contributed by atoms with E-state index in [1.54, 1.807) is 6.20 Å². The first-order chi connectivity index (χ1) is 7.99. The van der Waals surface area contributed by atoms with Crippen molar-refractivity contribution >= 4 is 8.56 Å². The molecule has 1 rings (SSSR count). The largest absolute Gasteiger partial charge is 0.394 e. The molecule has 0 fully saturated rings. The Kier molecular flexibility index (Phi) is 5.54. The van der Waals surface area contributed by atoms with Crippen molar-refractivity contribution in [2.24, 2.45) is 0 Å². The summed E-state index contributed by atoms with van der Waals surface area (Å²) in [6.07, 6.45) is 4.47. The van der Waals surface area contributed by atoms with Crippen LogP contribution in [-0.2, 0) is 15.5 Å². The Morgan fingerprint density at radius 2 is 2.18 bits per heavy atom. The van der Waals surface area contributed by atoms with Crippen molar-refractivity contribution < 1.29 is 8.85 Å². The maximum Gasteiger partial charge on any atom is 0.332 e. The van der Waals surface area contributed by atoms with Gasteiger partial charge in [0.2, 0.25) is 0 Å². The van der Waals surface area contributed by atoms with Crippen molar-refractivity contribution in [3.05, 3.63) is 42.2 Å². The van der Waals surface area contributed by atoms with Gasteiger partial charge in [-0.3, -0.25) is 4.98 Å². The second-order valence-electron chi connectivity index (χ2n) is 4.61. The molecule has 3 nitrogen and oxygen atoms in total. The molecular weight excluding hydrogens is 230 g/mol.